The topological polar surface area (TPSA) is 116 Å². The lowest BCUT2D eigenvalue weighted by Crippen LogP contribution is -2.11. The van der Waals surface area contributed by atoms with Crippen LogP contribution in [0.4, 0.5) is 6.01 Å². The molecule has 9 nitrogen and oxygen atoms in total. The van der Waals surface area contributed by atoms with Crippen LogP contribution in [0.1, 0.15) is 49.4 Å². The number of hydrogen-bond donors (Lipinski definition) is 1. The van der Waals surface area contributed by atoms with Crippen molar-refractivity contribution in [3.05, 3.63) is 71.7 Å². The molecule has 0 bridgehead atoms. The number of hydrogen-bond acceptors (Lipinski definition) is 8. The van der Waals surface area contributed by atoms with E-state index < -0.39 is 10.0 Å². The number of aromatic nitrogens is 5. The van der Waals surface area contributed by atoms with Gasteiger partial charge in [0, 0.05) is 40.9 Å². The van der Waals surface area contributed by atoms with Gasteiger partial charge in [0.05, 0.1) is 16.1 Å². The Balaban J connectivity index is 1.54. The van der Waals surface area contributed by atoms with Gasteiger partial charge in [-0.05, 0) is 76.4 Å². The van der Waals surface area contributed by atoms with E-state index in [2.05, 4.69) is 20.5 Å². The van der Waals surface area contributed by atoms with Crippen LogP contribution in [0.5, 0.6) is 0 Å². The zero-order valence-corrected chi connectivity index (χ0v) is 22.5. The second-order valence-electron chi connectivity index (χ2n) is 10.1. The Kier molecular flexibility index (Phi) is 5.79. The summed E-state index contributed by atoms with van der Waals surface area (Å²) in [6.07, 6.45) is 5.65. The molecule has 0 amide bonds. The minimum absolute atomic E-state index is 0.137. The molecule has 3 aromatic heterocycles. The van der Waals surface area contributed by atoms with Crippen LogP contribution in [-0.4, -0.2) is 38.6 Å². The highest BCUT2D eigenvalue weighted by molar-refractivity contribution is 7.90. The van der Waals surface area contributed by atoms with Crippen LogP contribution in [0.25, 0.3) is 33.7 Å². The summed E-state index contributed by atoms with van der Waals surface area (Å²) in [6.45, 7) is 7.90. The van der Waals surface area contributed by atoms with Gasteiger partial charge in [0.2, 0.25) is 5.89 Å². The summed E-state index contributed by atoms with van der Waals surface area (Å²) in [5.74, 6) is 1.26. The number of aryl methyl sites for hydroxylation is 2. The number of nitrogens with one attached hydrogen (secondary N) is 1. The molecule has 0 radical (unpaired) electrons. The fourth-order valence-electron chi connectivity index (χ4n) is 4.53. The Hall–Kier alpha value is -4.05. The fraction of sp³-hybridized carbons (Fsp3) is 0.286. The first-order valence-corrected chi connectivity index (χ1v) is 14.1. The maximum atomic E-state index is 13.8. The van der Waals surface area contributed by atoms with Crippen molar-refractivity contribution in [2.24, 2.45) is 0 Å². The Labute approximate surface area is 221 Å². The molecule has 6 rings (SSSR count). The van der Waals surface area contributed by atoms with Crippen molar-refractivity contribution in [3.63, 3.8) is 0 Å². The molecule has 5 aromatic rings. The maximum Gasteiger partial charge on any atom is 0.315 e. The van der Waals surface area contributed by atoms with Crippen molar-refractivity contribution in [3.8, 4) is 22.8 Å². The standard InChI is InChI=1S/C28H28N6O3S/c1-16(2)30-28-33-32-27(37-28)20-9-12-24-22(13-20)23(26-29-14-18(4)25(31-26)19-7-8-19)15-34(24)38(35,36)21-10-5-17(3)6-11-21/h5-6,9-16,19H,7-8H2,1-4H3,(H,30,33). The third kappa shape index (κ3) is 4.34. The van der Waals surface area contributed by atoms with Gasteiger partial charge in [-0.2, -0.15) is 0 Å². The third-order valence-corrected chi connectivity index (χ3v) is 8.34. The van der Waals surface area contributed by atoms with Crippen LogP contribution in [0.2, 0.25) is 0 Å². The van der Waals surface area contributed by atoms with Crippen molar-refractivity contribution >= 4 is 26.9 Å². The highest BCUT2D eigenvalue weighted by Crippen LogP contribution is 2.41. The summed E-state index contributed by atoms with van der Waals surface area (Å²) in [7, 11) is -3.88. The van der Waals surface area contributed by atoms with Crippen LogP contribution in [0.15, 0.2) is 64.2 Å². The Morgan fingerprint density at radius 3 is 2.53 bits per heavy atom. The molecule has 0 aliphatic heterocycles. The second kappa shape index (κ2) is 9.05. The molecular weight excluding hydrogens is 500 g/mol. The van der Waals surface area contributed by atoms with Gasteiger partial charge >= 0.3 is 6.01 Å². The first kappa shape index (κ1) is 24.3. The Bertz CT molecular complexity index is 1770. The average molecular weight is 529 g/mol. The zero-order valence-electron chi connectivity index (χ0n) is 21.6. The van der Waals surface area contributed by atoms with E-state index >= 15 is 0 Å². The number of benzene rings is 2. The molecule has 1 saturated carbocycles. The monoisotopic (exact) mass is 528 g/mol. The lowest BCUT2D eigenvalue weighted by atomic mass is 10.1. The van der Waals surface area contributed by atoms with E-state index in [1.165, 1.54) is 3.97 Å². The lowest BCUT2D eigenvalue weighted by molar-refractivity contribution is 0.574. The minimum Gasteiger partial charge on any atom is -0.403 e. The minimum atomic E-state index is -3.88. The van der Waals surface area contributed by atoms with Gasteiger partial charge in [-0.15, -0.1) is 5.10 Å². The molecule has 38 heavy (non-hydrogen) atoms. The largest absolute Gasteiger partial charge is 0.403 e. The molecule has 1 aliphatic rings. The zero-order chi connectivity index (χ0) is 26.6. The SMILES string of the molecule is Cc1ccc(S(=O)(=O)n2cc(-c3ncc(C)c(C4CC4)n3)c3cc(-c4nnc(NC(C)C)o4)ccc32)cc1. The molecule has 10 heteroatoms. The molecule has 0 unspecified atom stereocenters. The summed E-state index contributed by atoms with van der Waals surface area (Å²) < 4.78 is 34.7. The molecule has 1 N–H and O–H groups in total. The van der Waals surface area contributed by atoms with Crippen molar-refractivity contribution in [1.82, 2.24) is 24.1 Å². The van der Waals surface area contributed by atoms with Gasteiger partial charge < -0.3 is 9.73 Å². The second-order valence-corrected chi connectivity index (χ2v) is 12.0. The lowest BCUT2D eigenvalue weighted by Gasteiger charge is -2.08. The van der Waals surface area contributed by atoms with Crippen molar-refractivity contribution in [2.45, 2.75) is 57.4 Å². The maximum absolute atomic E-state index is 13.8. The van der Waals surface area contributed by atoms with Gasteiger partial charge in [-0.3, -0.25) is 0 Å². The van der Waals surface area contributed by atoms with Crippen LogP contribution in [0.3, 0.4) is 0 Å². The molecular formula is C28H28N6O3S. The van der Waals surface area contributed by atoms with E-state index in [0.29, 0.717) is 45.7 Å². The van der Waals surface area contributed by atoms with E-state index in [9.17, 15) is 8.42 Å². The molecule has 2 aromatic carbocycles. The third-order valence-electron chi connectivity index (χ3n) is 6.65. The Morgan fingerprint density at radius 1 is 1.05 bits per heavy atom. The smallest absolute Gasteiger partial charge is 0.315 e. The van der Waals surface area contributed by atoms with Gasteiger partial charge in [0.25, 0.3) is 10.0 Å². The van der Waals surface area contributed by atoms with Crippen LogP contribution >= 0.6 is 0 Å². The quantitative estimate of drug-likeness (QED) is 0.286. The number of anilines is 1. The van der Waals surface area contributed by atoms with Gasteiger partial charge in [0.15, 0.2) is 5.82 Å². The van der Waals surface area contributed by atoms with E-state index in [1.807, 2.05) is 40.0 Å². The van der Waals surface area contributed by atoms with Crippen molar-refractivity contribution in [2.75, 3.05) is 5.32 Å². The summed E-state index contributed by atoms with van der Waals surface area (Å²) in [5, 5.41) is 12.0. The van der Waals surface area contributed by atoms with Gasteiger partial charge in [-0.1, -0.05) is 22.8 Å². The van der Waals surface area contributed by atoms with E-state index in [0.717, 1.165) is 29.7 Å². The Morgan fingerprint density at radius 2 is 1.82 bits per heavy atom. The number of nitrogens with zero attached hydrogens (tertiary/aromatic N) is 5. The average Bonchev–Trinajstić information content (AvgIpc) is 3.50. The summed E-state index contributed by atoms with van der Waals surface area (Å²) in [5.41, 5.74) is 4.86. The molecule has 1 aliphatic carbocycles. The summed E-state index contributed by atoms with van der Waals surface area (Å²) in [6, 6.07) is 12.7. The van der Waals surface area contributed by atoms with Gasteiger partial charge in [0.1, 0.15) is 0 Å². The first-order valence-electron chi connectivity index (χ1n) is 12.6. The van der Waals surface area contributed by atoms with E-state index in [1.54, 1.807) is 42.6 Å². The normalized spacial score (nSPS) is 13.9. The van der Waals surface area contributed by atoms with E-state index in [-0.39, 0.29) is 10.9 Å². The molecule has 3 heterocycles. The highest BCUT2D eigenvalue weighted by atomic mass is 32.2. The van der Waals surface area contributed by atoms with E-state index in [4.69, 9.17) is 9.40 Å². The first-order chi connectivity index (χ1) is 18.2. The predicted octanol–water partition coefficient (Wildman–Crippen LogP) is 5.70. The summed E-state index contributed by atoms with van der Waals surface area (Å²) in [4.78, 5) is 9.71. The van der Waals surface area contributed by atoms with Crippen LogP contribution in [-0.2, 0) is 10.0 Å². The molecule has 0 saturated heterocycles. The molecule has 0 spiro atoms. The summed E-state index contributed by atoms with van der Waals surface area (Å²) >= 11 is 0. The molecule has 1 fully saturated rings. The van der Waals surface area contributed by atoms with Gasteiger partial charge in [-0.25, -0.2) is 22.4 Å². The molecule has 0 atom stereocenters. The van der Waals surface area contributed by atoms with Crippen molar-refractivity contribution < 1.29 is 12.8 Å². The van der Waals surface area contributed by atoms with Crippen LogP contribution < -0.4 is 5.32 Å². The molecule has 194 valence electrons. The highest BCUT2D eigenvalue weighted by Gasteiger charge is 2.29. The predicted molar refractivity (Wildman–Crippen MR) is 145 cm³/mol. The fourth-order valence-corrected chi connectivity index (χ4v) is 5.90. The number of rotatable bonds is 7. The van der Waals surface area contributed by atoms with Crippen molar-refractivity contribution in [1.29, 1.82) is 0 Å². The number of fused-ring (bicyclic) bond motifs is 1. The van der Waals surface area contributed by atoms with Crippen LogP contribution in [0, 0.1) is 13.8 Å².